The second-order valence-electron chi connectivity index (χ2n) is 6.16. The summed E-state index contributed by atoms with van der Waals surface area (Å²) in [5.41, 5.74) is 3.21. The molecule has 5 nitrogen and oxygen atoms in total. The minimum absolute atomic E-state index is 0.112. The summed E-state index contributed by atoms with van der Waals surface area (Å²) in [6, 6.07) is 6.10. The fraction of sp³-hybridized carbons (Fsp3) is 0.444. The van der Waals surface area contributed by atoms with Gasteiger partial charge in [0.05, 0.1) is 11.9 Å². The van der Waals surface area contributed by atoms with Crippen molar-refractivity contribution >= 4 is 31.3 Å². The maximum atomic E-state index is 11.2. The van der Waals surface area contributed by atoms with Crippen molar-refractivity contribution in [3.63, 3.8) is 0 Å². The highest BCUT2D eigenvalue weighted by molar-refractivity contribution is 9.08. The number of benzene rings is 1. The first-order valence-electron chi connectivity index (χ1n) is 8.12. The summed E-state index contributed by atoms with van der Waals surface area (Å²) in [7, 11) is -2.94. The molecule has 0 aromatic heterocycles. The Hall–Kier alpha value is -1.31. The van der Waals surface area contributed by atoms with Crippen LogP contribution in [0, 0.1) is 0 Å². The van der Waals surface area contributed by atoms with Crippen LogP contribution in [0.25, 0.3) is 5.57 Å². The van der Waals surface area contributed by atoms with Gasteiger partial charge < -0.3 is 14.2 Å². The Morgan fingerprint density at radius 2 is 2.16 bits per heavy atom. The summed E-state index contributed by atoms with van der Waals surface area (Å²) in [5.74, 6) is 1.80. The molecule has 0 bridgehead atoms. The number of hydrogen-bond donors (Lipinski definition) is 0. The predicted molar refractivity (Wildman–Crippen MR) is 100 cm³/mol. The van der Waals surface area contributed by atoms with Crippen molar-refractivity contribution in [2.45, 2.75) is 24.3 Å². The Bertz CT molecular complexity index is 798. The normalized spacial score (nSPS) is 19.5. The highest BCUT2D eigenvalue weighted by Crippen LogP contribution is 2.37. The predicted octanol–water partition coefficient (Wildman–Crippen LogP) is 3.44. The molecule has 0 saturated carbocycles. The van der Waals surface area contributed by atoms with E-state index in [2.05, 4.69) is 22.0 Å². The quantitative estimate of drug-likeness (QED) is 0.512. The van der Waals surface area contributed by atoms with Gasteiger partial charge in [0.25, 0.3) is 0 Å². The Kier molecular flexibility index (Phi) is 5.86. The van der Waals surface area contributed by atoms with Gasteiger partial charge in [0, 0.05) is 35.8 Å². The Balaban J connectivity index is 1.69. The van der Waals surface area contributed by atoms with Crippen molar-refractivity contribution in [3.8, 4) is 5.75 Å². The number of hydrogen-bond acceptors (Lipinski definition) is 5. The molecule has 1 heterocycles. The summed E-state index contributed by atoms with van der Waals surface area (Å²) in [5, 5.41) is 0.777. The number of allylic oxidation sites excluding steroid dienone is 2. The van der Waals surface area contributed by atoms with Gasteiger partial charge in [-0.15, -0.1) is 0 Å². The topological polar surface area (TPSA) is 61.8 Å². The van der Waals surface area contributed by atoms with Crippen LogP contribution in [0.15, 0.2) is 36.1 Å². The molecule has 3 rings (SSSR count). The number of halogens is 1. The molecule has 1 aromatic rings. The molecule has 2 aliphatic rings. The zero-order valence-electron chi connectivity index (χ0n) is 14.0. The van der Waals surface area contributed by atoms with E-state index in [-0.39, 0.29) is 18.6 Å². The maximum Gasteiger partial charge on any atom is 0.230 e. The standard InChI is InChI=1S/C18H21BrO5S/c1-25(20,21)8-2-7-22-14-4-5-15-16-9-13(11-19)3-6-17(16)23-12-24-18(15)10-14/h3-6,9,14H,2,7-8,10-12H2,1H3. The van der Waals surface area contributed by atoms with Crippen molar-refractivity contribution in [2.75, 3.05) is 25.4 Å². The van der Waals surface area contributed by atoms with Crippen LogP contribution in [-0.2, 0) is 24.6 Å². The van der Waals surface area contributed by atoms with E-state index in [1.807, 2.05) is 24.3 Å². The van der Waals surface area contributed by atoms with Gasteiger partial charge in [-0.2, -0.15) is 0 Å². The van der Waals surface area contributed by atoms with Crippen molar-refractivity contribution in [2.24, 2.45) is 0 Å². The molecule has 0 saturated heterocycles. The van der Waals surface area contributed by atoms with Gasteiger partial charge >= 0.3 is 0 Å². The number of alkyl halides is 1. The third-order valence-electron chi connectivity index (χ3n) is 4.09. The monoisotopic (exact) mass is 428 g/mol. The van der Waals surface area contributed by atoms with Crippen LogP contribution in [0.2, 0.25) is 0 Å². The molecular formula is C18H21BrO5S. The molecule has 1 aromatic carbocycles. The molecule has 0 amide bonds. The van der Waals surface area contributed by atoms with Crippen molar-refractivity contribution < 1.29 is 22.6 Å². The fourth-order valence-corrected chi connectivity index (χ4v) is 3.86. The van der Waals surface area contributed by atoms with E-state index in [9.17, 15) is 8.42 Å². The lowest BCUT2D eigenvalue weighted by atomic mass is 9.95. The lowest BCUT2D eigenvalue weighted by Gasteiger charge is -2.21. The maximum absolute atomic E-state index is 11.2. The van der Waals surface area contributed by atoms with Crippen LogP contribution < -0.4 is 4.74 Å². The number of rotatable bonds is 6. The van der Waals surface area contributed by atoms with E-state index < -0.39 is 9.84 Å². The van der Waals surface area contributed by atoms with Crippen molar-refractivity contribution in [1.82, 2.24) is 0 Å². The van der Waals surface area contributed by atoms with Gasteiger partial charge in [-0.1, -0.05) is 34.1 Å². The SMILES string of the molecule is CS(=O)(=O)CCCOC1C=CC2=C(C1)OCOc1ccc(CBr)cc12. The summed E-state index contributed by atoms with van der Waals surface area (Å²) in [4.78, 5) is 0. The second-order valence-corrected chi connectivity index (χ2v) is 8.98. The average molecular weight is 429 g/mol. The molecular weight excluding hydrogens is 408 g/mol. The van der Waals surface area contributed by atoms with E-state index in [0.29, 0.717) is 19.4 Å². The minimum Gasteiger partial charge on any atom is -0.461 e. The van der Waals surface area contributed by atoms with E-state index >= 15 is 0 Å². The Labute approximate surface area is 156 Å². The van der Waals surface area contributed by atoms with Crippen LogP contribution >= 0.6 is 15.9 Å². The fourth-order valence-electron chi connectivity index (χ4n) is 2.86. The lowest BCUT2D eigenvalue weighted by molar-refractivity contribution is 0.0352. The molecule has 1 atom stereocenters. The van der Waals surface area contributed by atoms with Gasteiger partial charge in [-0.3, -0.25) is 0 Å². The zero-order chi connectivity index (χ0) is 17.9. The smallest absolute Gasteiger partial charge is 0.230 e. The van der Waals surface area contributed by atoms with Gasteiger partial charge in [0.15, 0.2) is 0 Å². The van der Waals surface area contributed by atoms with Gasteiger partial charge in [0.1, 0.15) is 21.3 Å². The number of ether oxygens (including phenoxy) is 3. The van der Waals surface area contributed by atoms with E-state index in [0.717, 1.165) is 28.0 Å². The van der Waals surface area contributed by atoms with Crippen LogP contribution in [0.1, 0.15) is 24.0 Å². The van der Waals surface area contributed by atoms with Crippen molar-refractivity contribution in [3.05, 3.63) is 47.2 Å². The Morgan fingerprint density at radius 3 is 2.92 bits per heavy atom. The zero-order valence-corrected chi connectivity index (χ0v) is 16.4. The number of fused-ring (bicyclic) bond motifs is 2. The molecule has 1 aliphatic heterocycles. The van der Waals surface area contributed by atoms with Crippen LogP contribution in [-0.4, -0.2) is 39.9 Å². The molecule has 7 heteroatoms. The van der Waals surface area contributed by atoms with Crippen LogP contribution in [0.4, 0.5) is 0 Å². The first kappa shape index (κ1) is 18.5. The molecule has 1 unspecified atom stereocenters. The molecule has 25 heavy (non-hydrogen) atoms. The van der Waals surface area contributed by atoms with E-state index in [1.54, 1.807) is 0 Å². The Morgan fingerprint density at radius 1 is 1.32 bits per heavy atom. The third-order valence-corrected chi connectivity index (χ3v) is 5.77. The summed E-state index contributed by atoms with van der Waals surface area (Å²) < 4.78 is 39.6. The van der Waals surface area contributed by atoms with E-state index in [4.69, 9.17) is 14.2 Å². The minimum atomic E-state index is -2.94. The lowest BCUT2D eigenvalue weighted by Crippen LogP contribution is -2.18. The van der Waals surface area contributed by atoms with Crippen LogP contribution in [0.3, 0.4) is 0 Å². The molecule has 0 radical (unpaired) electrons. The first-order valence-corrected chi connectivity index (χ1v) is 11.3. The largest absolute Gasteiger partial charge is 0.461 e. The van der Waals surface area contributed by atoms with Gasteiger partial charge in [-0.05, 0) is 24.1 Å². The highest BCUT2D eigenvalue weighted by atomic mass is 79.9. The molecule has 0 N–H and O–H groups in total. The summed E-state index contributed by atoms with van der Waals surface area (Å²) in [6.45, 7) is 0.583. The molecule has 1 aliphatic carbocycles. The molecule has 0 fully saturated rings. The molecule has 136 valence electrons. The van der Waals surface area contributed by atoms with E-state index in [1.165, 1.54) is 11.8 Å². The highest BCUT2D eigenvalue weighted by Gasteiger charge is 2.24. The summed E-state index contributed by atoms with van der Waals surface area (Å²) >= 11 is 3.48. The van der Waals surface area contributed by atoms with Crippen LogP contribution in [0.5, 0.6) is 5.75 Å². The number of sulfone groups is 1. The average Bonchev–Trinajstić information content (AvgIpc) is 2.76. The van der Waals surface area contributed by atoms with Gasteiger partial charge in [0.2, 0.25) is 6.79 Å². The van der Waals surface area contributed by atoms with Crippen molar-refractivity contribution in [1.29, 1.82) is 0 Å². The van der Waals surface area contributed by atoms with Gasteiger partial charge in [-0.25, -0.2) is 8.42 Å². The summed E-state index contributed by atoms with van der Waals surface area (Å²) in [6.07, 6.45) is 6.24. The first-order chi connectivity index (χ1) is 12.0. The molecule has 0 spiro atoms. The third kappa shape index (κ3) is 4.86. The second kappa shape index (κ2) is 7.93.